The van der Waals surface area contributed by atoms with Gasteiger partial charge in [0.1, 0.15) is 5.82 Å². The second kappa shape index (κ2) is 5.89. The Morgan fingerprint density at radius 1 is 1.38 bits per heavy atom. The van der Waals surface area contributed by atoms with E-state index in [4.69, 9.17) is 9.72 Å². The van der Waals surface area contributed by atoms with Crippen LogP contribution in [0.2, 0.25) is 0 Å². The average molecular weight is 325 g/mol. The first kappa shape index (κ1) is 15.1. The molecule has 3 heterocycles. The van der Waals surface area contributed by atoms with Crippen LogP contribution in [-0.4, -0.2) is 32.9 Å². The van der Waals surface area contributed by atoms with E-state index in [0.29, 0.717) is 11.5 Å². The highest BCUT2D eigenvalue weighted by Crippen LogP contribution is 2.27. The second-order valence-electron chi connectivity index (χ2n) is 6.33. The van der Waals surface area contributed by atoms with Gasteiger partial charge in [-0.3, -0.25) is 4.79 Å². The molecule has 1 aromatic carbocycles. The fourth-order valence-corrected chi connectivity index (χ4v) is 3.05. The normalized spacial score (nSPS) is 14.9. The van der Waals surface area contributed by atoms with Gasteiger partial charge in [-0.25, -0.2) is 4.98 Å². The molecule has 6 nitrogen and oxygen atoms in total. The molecule has 0 unspecified atom stereocenters. The Bertz CT molecular complexity index is 954. The molecule has 6 heteroatoms. The van der Waals surface area contributed by atoms with E-state index in [1.54, 1.807) is 13.1 Å². The number of pyridine rings is 1. The molecule has 2 aromatic heterocycles. The maximum Gasteiger partial charge on any atom is 0.250 e. The van der Waals surface area contributed by atoms with Crippen LogP contribution >= 0.6 is 0 Å². The highest BCUT2D eigenvalue weighted by atomic mass is 16.5. The minimum absolute atomic E-state index is 0.00758. The lowest BCUT2D eigenvalue weighted by Gasteiger charge is -2.27. The molecule has 0 bridgehead atoms. The molecule has 0 amide bonds. The van der Waals surface area contributed by atoms with Gasteiger partial charge in [0.2, 0.25) is 0 Å². The molecule has 0 aliphatic carbocycles. The van der Waals surface area contributed by atoms with E-state index >= 15 is 0 Å². The molecule has 0 radical (unpaired) electrons. The second-order valence-corrected chi connectivity index (χ2v) is 6.33. The number of aromatic nitrogens is 3. The summed E-state index contributed by atoms with van der Waals surface area (Å²) in [5.74, 6) is 1.30. The Kier molecular flexibility index (Phi) is 3.70. The van der Waals surface area contributed by atoms with Crippen LogP contribution in [-0.2, 0) is 17.9 Å². The molecular formula is C18H19N3O3. The van der Waals surface area contributed by atoms with Crippen molar-refractivity contribution >= 4 is 11.0 Å². The van der Waals surface area contributed by atoms with Crippen LogP contribution in [0.15, 0.2) is 35.3 Å². The molecule has 24 heavy (non-hydrogen) atoms. The zero-order valence-electron chi connectivity index (χ0n) is 13.5. The summed E-state index contributed by atoms with van der Waals surface area (Å²) in [5, 5.41) is 9.36. The molecule has 0 atom stereocenters. The van der Waals surface area contributed by atoms with E-state index in [9.17, 15) is 9.90 Å². The van der Waals surface area contributed by atoms with E-state index < -0.39 is 0 Å². The molecule has 1 saturated heterocycles. The summed E-state index contributed by atoms with van der Waals surface area (Å²) >= 11 is 0. The predicted molar refractivity (Wildman–Crippen MR) is 90.8 cm³/mol. The number of aliphatic hydroxyl groups excluding tert-OH is 1. The monoisotopic (exact) mass is 325 g/mol. The van der Waals surface area contributed by atoms with Crippen LogP contribution in [0.5, 0.6) is 0 Å². The summed E-state index contributed by atoms with van der Waals surface area (Å²) < 4.78 is 7.48. The number of aromatic amines is 1. The lowest BCUT2D eigenvalue weighted by molar-refractivity contribution is -0.0387. The first-order valence-corrected chi connectivity index (χ1v) is 8.03. The molecule has 1 fully saturated rings. The van der Waals surface area contributed by atoms with Gasteiger partial charge in [-0.2, -0.15) is 0 Å². The van der Waals surface area contributed by atoms with E-state index in [0.717, 1.165) is 47.7 Å². The molecule has 3 aromatic rings. The smallest absolute Gasteiger partial charge is 0.250 e. The minimum Gasteiger partial charge on any atom is -0.392 e. The summed E-state index contributed by atoms with van der Waals surface area (Å²) in [6, 6.07) is 7.68. The molecule has 1 aliphatic heterocycles. The van der Waals surface area contributed by atoms with Crippen molar-refractivity contribution in [3.8, 4) is 11.4 Å². The number of H-pyrrole nitrogens is 1. The number of aryl methyl sites for hydroxylation is 1. The summed E-state index contributed by atoms with van der Waals surface area (Å²) in [4.78, 5) is 19.2. The standard InChI is InChI=1S/C18H19N3O3/c1-11-4-14(6-19-18(11)23)17-20-15-5-12(8-22)2-3-16(15)21(17)7-13-9-24-10-13/h2-6,13,22H,7-10H2,1H3,(H,19,23). The summed E-state index contributed by atoms with van der Waals surface area (Å²) in [7, 11) is 0. The Balaban J connectivity index is 1.89. The molecule has 0 saturated carbocycles. The van der Waals surface area contributed by atoms with Crippen LogP contribution in [0.3, 0.4) is 0 Å². The zero-order valence-corrected chi connectivity index (χ0v) is 13.5. The van der Waals surface area contributed by atoms with Crippen LogP contribution in [0.25, 0.3) is 22.4 Å². The molecule has 2 N–H and O–H groups in total. The number of rotatable bonds is 4. The number of nitrogens with one attached hydrogen (secondary N) is 1. The van der Waals surface area contributed by atoms with E-state index in [2.05, 4.69) is 9.55 Å². The van der Waals surface area contributed by atoms with Crippen molar-refractivity contribution in [1.29, 1.82) is 0 Å². The number of benzene rings is 1. The number of aliphatic hydroxyl groups is 1. The van der Waals surface area contributed by atoms with Crippen LogP contribution in [0.1, 0.15) is 11.1 Å². The van der Waals surface area contributed by atoms with Gasteiger partial charge in [0.05, 0.1) is 30.9 Å². The summed E-state index contributed by atoms with van der Waals surface area (Å²) in [6.07, 6.45) is 1.71. The number of imidazole rings is 1. The van der Waals surface area contributed by atoms with E-state index in [-0.39, 0.29) is 12.2 Å². The number of ether oxygens (including phenoxy) is 1. The maximum absolute atomic E-state index is 11.6. The van der Waals surface area contributed by atoms with Crippen molar-refractivity contribution in [3.63, 3.8) is 0 Å². The number of hydrogen-bond acceptors (Lipinski definition) is 4. The van der Waals surface area contributed by atoms with Gasteiger partial charge < -0.3 is 19.4 Å². The molecular weight excluding hydrogens is 306 g/mol. The molecule has 124 valence electrons. The van der Waals surface area contributed by atoms with E-state index in [1.165, 1.54) is 0 Å². The Morgan fingerprint density at radius 2 is 2.21 bits per heavy atom. The number of hydrogen-bond donors (Lipinski definition) is 2. The largest absolute Gasteiger partial charge is 0.392 e. The van der Waals surface area contributed by atoms with Gasteiger partial charge in [0.15, 0.2) is 0 Å². The van der Waals surface area contributed by atoms with Crippen molar-refractivity contribution < 1.29 is 9.84 Å². The zero-order chi connectivity index (χ0) is 16.7. The maximum atomic E-state index is 11.6. The minimum atomic E-state index is -0.0867. The third kappa shape index (κ3) is 2.53. The molecule has 1 aliphatic rings. The topological polar surface area (TPSA) is 80.1 Å². The first-order chi connectivity index (χ1) is 11.7. The van der Waals surface area contributed by atoms with Gasteiger partial charge in [0.25, 0.3) is 5.56 Å². The number of fused-ring (bicyclic) bond motifs is 1. The quantitative estimate of drug-likeness (QED) is 0.767. The lowest BCUT2D eigenvalue weighted by atomic mass is 10.1. The molecule has 4 rings (SSSR count). The van der Waals surface area contributed by atoms with Crippen molar-refractivity contribution in [2.45, 2.75) is 20.1 Å². The van der Waals surface area contributed by atoms with Gasteiger partial charge >= 0.3 is 0 Å². The highest BCUT2D eigenvalue weighted by molar-refractivity contribution is 5.81. The molecule has 0 spiro atoms. The van der Waals surface area contributed by atoms with Crippen molar-refractivity contribution in [3.05, 3.63) is 51.9 Å². The van der Waals surface area contributed by atoms with Crippen molar-refractivity contribution in [2.24, 2.45) is 5.92 Å². The fourth-order valence-electron chi connectivity index (χ4n) is 3.05. The first-order valence-electron chi connectivity index (χ1n) is 8.03. The van der Waals surface area contributed by atoms with Crippen molar-refractivity contribution in [1.82, 2.24) is 14.5 Å². The van der Waals surface area contributed by atoms with Gasteiger partial charge in [0, 0.05) is 29.8 Å². The predicted octanol–water partition coefficient (Wildman–Crippen LogP) is 1.84. The average Bonchev–Trinajstić information content (AvgIpc) is 2.91. The van der Waals surface area contributed by atoms with Crippen molar-refractivity contribution in [2.75, 3.05) is 13.2 Å². The Labute approximate surface area is 138 Å². The lowest BCUT2D eigenvalue weighted by Crippen LogP contribution is -2.31. The SMILES string of the molecule is Cc1cc(-c2nc3cc(CO)ccc3n2CC2COC2)c[nH]c1=O. The fraction of sp³-hybridized carbons (Fsp3) is 0.333. The third-order valence-corrected chi connectivity index (χ3v) is 4.49. The number of nitrogens with zero attached hydrogens (tertiary/aromatic N) is 2. The van der Waals surface area contributed by atoms with E-state index in [1.807, 2.05) is 24.3 Å². The van der Waals surface area contributed by atoms with Gasteiger partial charge in [-0.15, -0.1) is 0 Å². The Hall–Kier alpha value is -2.44. The third-order valence-electron chi connectivity index (χ3n) is 4.49. The summed E-state index contributed by atoms with van der Waals surface area (Å²) in [5.41, 5.74) is 4.17. The van der Waals surface area contributed by atoms with Crippen LogP contribution in [0, 0.1) is 12.8 Å². The Morgan fingerprint density at radius 3 is 2.88 bits per heavy atom. The van der Waals surface area contributed by atoms with Gasteiger partial charge in [-0.1, -0.05) is 6.07 Å². The highest BCUT2D eigenvalue weighted by Gasteiger charge is 2.22. The van der Waals surface area contributed by atoms with Crippen LogP contribution in [0.4, 0.5) is 0 Å². The summed E-state index contributed by atoms with van der Waals surface area (Å²) in [6.45, 7) is 4.13. The van der Waals surface area contributed by atoms with Crippen LogP contribution < -0.4 is 5.56 Å². The van der Waals surface area contributed by atoms with Gasteiger partial charge in [-0.05, 0) is 30.7 Å².